The van der Waals surface area contributed by atoms with Gasteiger partial charge >= 0.3 is 0 Å². The Balaban J connectivity index is 1.85. The molecule has 1 aromatic heterocycles. The minimum atomic E-state index is 0.179. The van der Waals surface area contributed by atoms with Gasteiger partial charge in [-0.25, -0.2) is 4.98 Å². The SMILES string of the molecule is CCNC1(c2nc(C(C)C)cs2)CCCC(C2CC2)C1. The van der Waals surface area contributed by atoms with E-state index in [0.29, 0.717) is 5.92 Å². The van der Waals surface area contributed by atoms with E-state index in [4.69, 9.17) is 4.98 Å². The zero-order valence-corrected chi connectivity index (χ0v) is 13.9. The molecule has 0 aromatic carbocycles. The largest absolute Gasteiger partial charge is 0.306 e. The van der Waals surface area contributed by atoms with Crippen LogP contribution in [0, 0.1) is 11.8 Å². The van der Waals surface area contributed by atoms with Crippen LogP contribution in [0.3, 0.4) is 0 Å². The van der Waals surface area contributed by atoms with Gasteiger partial charge < -0.3 is 5.32 Å². The minimum Gasteiger partial charge on any atom is -0.306 e. The van der Waals surface area contributed by atoms with Gasteiger partial charge in [0.1, 0.15) is 5.01 Å². The van der Waals surface area contributed by atoms with Crippen LogP contribution in [0.15, 0.2) is 5.38 Å². The van der Waals surface area contributed by atoms with Crippen molar-refractivity contribution in [1.29, 1.82) is 0 Å². The van der Waals surface area contributed by atoms with E-state index in [9.17, 15) is 0 Å². The van der Waals surface area contributed by atoms with Crippen molar-refractivity contribution >= 4 is 11.3 Å². The fraction of sp³-hybridized carbons (Fsp3) is 0.824. The van der Waals surface area contributed by atoms with E-state index < -0.39 is 0 Å². The average Bonchev–Trinajstić information content (AvgIpc) is 3.15. The van der Waals surface area contributed by atoms with Gasteiger partial charge in [-0.1, -0.05) is 33.6 Å². The summed E-state index contributed by atoms with van der Waals surface area (Å²) in [4.78, 5) is 4.99. The third-order valence-electron chi connectivity index (χ3n) is 5.12. The van der Waals surface area contributed by atoms with E-state index in [1.165, 1.54) is 49.2 Å². The van der Waals surface area contributed by atoms with Gasteiger partial charge in [0.2, 0.25) is 0 Å². The summed E-state index contributed by atoms with van der Waals surface area (Å²) >= 11 is 1.88. The second-order valence-corrected chi connectivity index (χ2v) is 7.90. The van der Waals surface area contributed by atoms with Gasteiger partial charge in [-0.15, -0.1) is 11.3 Å². The summed E-state index contributed by atoms with van der Waals surface area (Å²) in [7, 11) is 0. The van der Waals surface area contributed by atoms with Crippen molar-refractivity contribution in [2.24, 2.45) is 11.8 Å². The van der Waals surface area contributed by atoms with Crippen molar-refractivity contribution in [2.75, 3.05) is 6.54 Å². The Morgan fingerprint density at radius 1 is 1.35 bits per heavy atom. The van der Waals surface area contributed by atoms with Crippen LogP contribution in [-0.4, -0.2) is 11.5 Å². The lowest BCUT2D eigenvalue weighted by Gasteiger charge is -2.40. The Bertz CT molecular complexity index is 446. The third-order valence-corrected chi connectivity index (χ3v) is 6.18. The lowest BCUT2D eigenvalue weighted by molar-refractivity contribution is 0.166. The van der Waals surface area contributed by atoms with E-state index >= 15 is 0 Å². The zero-order valence-electron chi connectivity index (χ0n) is 13.1. The summed E-state index contributed by atoms with van der Waals surface area (Å²) in [6.45, 7) is 7.77. The number of hydrogen-bond acceptors (Lipinski definition) is 3. The Labute approximate surface area is 127 Å². The fourth-order valence-corrected chi connectivity index (χ4v) is 5.03. The maximum absolute atomic E-state index is 4.99. The molecular formula is C17H28N2S. The zero-order chi connectivity index (χ0) is 14.2. The average molecular weight is 292 g/mol. The van der Waals surface area contributed by atoms with E-state index in [1.54, 1.807) is 0 Å². The Hall–Kier alpha value is -0.410. The molecule has 0 amide bonds. The number of thiazole rings is 1. The fourth-order valence-electron chi connectivity index (χ4n) is 3.83. The second kappa shape index (κ2) is 5.76. The summed E-state index contributed by atoms with van der Waals surface area (Å²) in [6, 6.07) is 0. The number of nitrogens with zero attached hydrogens (tertiary/aromatic N) is 1. The van der Waals surface area contributed by atoms with Crippen LogP contribution in [-0.2, 0) is 5.54 Å². The van der Waals surface area contributed by atoms with Crippen LogP contribution in [0.2, 0.25) is 0 Å². The highest BCUT2D eigenvalue weighted by Crippen LogP contribution is 2.50. The summed E-state index contributed by atoms with van der Waals surface area (Å²) < 4.78 is 0. The van der Waals surface area contributed by atoms with Crippen LogP contribution in [0.25, 0.3) is 0 Å². The highest BCUT2D eigenvalue weighted by molar-refractivity contribution is 7.09. The van der Waals surface area contributed by atoms with E-state index in [2.05, 4.69) is 31.5 Å². The van der Waals surface area contributed by atoms with Crippen molar-refractivity contribution < 1.29 is 0 Å². The Morgan fingerprint density at radius 2 is 2.15 bits per heavy atom. The molecule has 20 heavy (non-hydrogen) atoms. The van der Waals surface area contributed by atoms with Gasteiger partial charge in [0.25, 0.3) is 0 Å². The topological polar surface area (TPSA) is 24.9 Å². The molecule has 2 aliphatic rings. The van der Waals surface area contributed by atoms with Crippen LogP contribution in [0.1, 0.15) is 75.9 Å². The van der Waals surface area contributed by atoms with E-state index in [-0.39, 0.29) is 5.54 Å². The van der Waals surface area contributed by atoms with Crippen LogP contribution in [0.5, 0.6) is 0 Å². The molecule has 0 aliphatic heterocycles. The first-order chi connectivity index (χ1) is 9.64. The predicted molar refractivity (Wildman–Crippen MR) is 86.2 cm³/mol. The lowest BCUT2D eigenvalue weighted by atomic mass is 9.74. The molecule has 2 atom stereocenters. The molecule has 2 fully saturated rings. The molecule has 1 heterocycles. The summed E-state index contributed by atoms with van der Waals surface area (Å²) in [5.41, 5.74) is 1.45. The third kappa shape index (κ3) is 2.80. The van der Waals surface area contributed by atoms with Gasteiger partial charge in [-0.2, -0.15) is 0 Å². The molecule has 2 nitrogen and oxygen atoms in total. The van der Waals surface area contributed by atoms with Crippen molar-refractivity contribution in [3.8, 4) is 0 Å². The normalized spacial score (nSPS) is 30.9. The van der Waals surface area contributed by atoms with Crippen LogP contribution < -0.4 is 5.32 Å². The molecule has 0 spiro atoms. The van der Waals surface area contributed by atoms with Gasteiger partial charge in [0, 0.05) is 5.38 Å². The standard InChI is InChI=1S/C17H28N2S/c1-4-18-17(16-19-15(11-20-16)12(2)3)9-5-6-14(10-17)13-7-8-13/h11-14,18H,4-10H2,1-3H3. The maximum Gasteiger partial charge on any atom is 0.113 e. The van der Waals surface area contributed by atoms with E-state index in [1.807, 2.05) is 11.3 Å². The predicted octanol–water partition coefficient (Wildman–Crippen LogP) is 4.67. The molecule has 0 bridgehead atoms. The molecule has 2 aliphatic carbocycles. The van der Waals surface area contributed by atoms with Crippen LogP contribution >= 0.6 is 11.3 Å². The summed E-state index contributed by atoms with van der Waals surface area (Å²) in [5, 5.41) is 7.46. The summed E-state index contributed by atoms with van der Waals surface area (Å²) in [6.07, 6.45) is 8.35. The monoisotopic (exact) mass is 292 g/mol. The number of aromatic nitrogens is 1. The van der Waals surface area contributed by atoms with Crippen LogP contribution in [0.4, 0.5) is 0 Å². The molecule has 1 N–H and O–H groups in total. The van der Waals surface area contributed by atoms with E-state index in [0.717, 1.165) is 18.4 Å². The van der Waals surface area contributed by atoms with Crippen molar-refractivity contribution in [3.63, 3.8) is 0 Å². The molecule has 2 unspecified atom stereocenters. The molecular weight excluding hydrogens is 264 g/mol. The highest BCUT2D eigenvalue weighted by atomic mass is 32.1. The first-order valence-electron chi connectivity index (χ1n) is 8.35. The number of hydrogen-bond donors (Lipinski definition) is 1. The molecule has 3 rings (SSSR count). The van der Waals surface area contributed by atoms with Gasteiger partial charge in [-0.05, 0) is 50.0 Å². The molecule has 2 saturated carbocycles. The first kappa shape index (κ1) is 14.5. The molecule has 1 aromatic rings. The highest BCUT2D eigenvalue weighted by Gasteiger charge is 2.44. The Kier molecular flexibility index (Phi) is 4.19. The van der Waals surface area contributed by atoms with Crippen molar-refractivity contribution in [3.05, 3.63) is 16.1 Å². The van der Waals surface area contributed by atoms with Crippen molar-refractivity contribution in [1.82, 2.24) is 10.3 Å². The minimum absolute atomic E-state index is 0.179. The van der Waals surface area contributed by atoms with Gasteiger partial charge in [-0.3, -0.25) is 0 Å². The molecule has 112 valence electrons. The molecule has 3 heteroatoms. The first-order valence-corrected chi connectivity index (χ1v) is 9.23. The molecule has 0 saturated heterocycles. The maximum atomic E-state index is 4.99. The summed E-state index contributed by atoms with van der Waals surface area (Å²) in [5.74, 6) is 2.51. The quantitative estimate of drug-likeness (QED) is 0.853. The number of rotatable bonds is 5. The molecule has 0 radical (unpaired) electrons. The number of nitrogens with one attached hydrogen (secondary N) is 1. The lowest BCUT2D eigenvalue weighted by Crippen LogP contribution is -2.46. The second-order valence-electron chi connectivity index (χ2n) is 7.04. The van der Waals surface area contributed by atoms with Gasteiger partial charge in [0.05, 0.1) is 11.2 Å². The van der Waals surface area contributed by atoms with Crippen molar-refractivity contribution in [2.45, 2.75) is 70.8 Å². The smallest absolute Gasteiger partial charge is 0.113 e. The van der Waals surface area contributed by atoms with Gasteiger partial charge in [0.15, 0.2) is 0 Å². The Morgan fingerprint density at radius 3 is 2.75 bits per heavy atom.